The van der Waals surface area contributed by atoms with Crippen LogP contribution < -0.4 is 10.6 Å². The summed E-state index contributed by atoms with van der Waals surface area (Å²) in [7, 11) is -3.05. The van der Waals surface area contributed by atoms with Gasteiger partial charge in [-0.25, -0.2) is 13.1 Å². The van der Waals surface area contributed by atoms with Gasteiger partial charge in [0, 0.05) is 6.04 Å². The third-order valence-electron chi connectivity index (χ3n) is 3.96. The van der Waals surface area contributed by atoms with Crippen molar-refractivity contribution in [3.63, 3.8) is 0 Å². The van der Waals surface area contributed by atoms with Crippen molar-refractivity contribution >= 4 is 21.7 Å². The first-order valence-corrected chi connectivity index (χ1v) is 9.82. The Morgan fingerprint density at radius 2 is 1.96 bits per heavy atom. The monoisotopic (exact) mass is 378 g/mol. The summed E-state index contributed by atoms with van der Waals surface area (Å²) in [6.07, 6.45) is 2.01. The lowest BCUT2D eigenvalue weighted by Crippen LogP contribution is -2.42. The van der Waals surface area contributed by atoms with Crippen LogP contribution in [-0.2, 0) is 25.8 Å². The summed E-state index contributed by atoms with van der Waals surface area (Å²) in [4.78, 5) is 23.7. The second-order valence-corrected chi connectivity index (χ2v) is 8.27. The predicted octanol–water partition coefficient (Wildman–Crippen LogP) is -1.38. The summed E-state index contributed by atoms with van der Waals surface area (Å²) < 4.78 is 24.2. The average Bonchev–Trinajstić information content (AvgIpc) is 3.23. The number of nitrogens with one attached hydrogen (secondary N) is 2. The van der Waals surface area contributed by atoms with Crippen LogP contribution in [0.3, 0.4) is 0 Å². The fourth-order valence-corrected chi connectivity index (χ4v) is 4.33. The fourth-order valence-electron chi connectivity index (χ4n) is 2.66. The van der Waals surface area contributed by atoms with E-state index in [-0.39, 0.29) is 36.4 Å². The molecule has 1 aliphatic rings. The van der Waals surface area contributed by atoms with E-state index in [1.54, 1.807) is 24.3 Å². The first-order chi connectivity index (χ1) is 12.4. The second kappa shape index (κ2) is 7.60. The zero-order valence-corrected chi connectivity index (χ0v) is 14.6. The molecule has 2 aromatic rings. The number of carbonyl (C=O) groups excluding carboxylic acids is 2. The van der Waals surface area contributed by atoms with Crippen LogP contribution in [0.5, 0.6) is 0 Å². The van der Waals surface area contributed by atoms with Gasteiger partial charge in [-0.15, -0.1) is 5.10 Å². The largest absolute Gasteiger partial charge is 0.351 e. The zero-order chi connectivity index (χ0) is 18.6. The van der Waals surface area contributed by atoms with E-state index < -0.39 is 15.7 Å². The number of aromatic nitrogens is 4. The number of rotatable bonds is 6. The lowest BCUT2D eigenvalue weighted by atomic mass is 10.1. The van der Waals surface area contributed by atoms with E-state index in [4.69, 9.17) is 0 Å². The van der Waals surface area contributed by atoms with Gasteiger partial charge < -0.3 is 10.6 Å². The fraction of sp³-hybridized carbons (Fsp3) is 0.400. The molecular formula is C15H18N6O4S. The summed E-state index contributed by atoms with van der Waals surface area (Å²) >= 11 is 0. The van der Waals surface area contributed by atoms with E-state index in [1.165, 1.54) is 11.0 Å². The Bertz CT molecular complexity index is 879. The van der Waals surface area contributed by atoms with E-state index in [9.17, 15) is 18.0 Å². The van der Waals surface area contributed by atoms with Crippen molar-refractivity contribution in [2.45, 2.75) is 18.9 Å². The Balaban J connectivity index is 1.43. The van der Waals surface area contributed by atoms with Crippen LogP contribution in [0.2, 0.25) is 0 Å². The second-order valence-electron chi connectivity index (χ2n) is 6.04. The van der Waals surface area contributed by atoms with E-state index in [1.807, 2.05) is 0 Å². The van der Waals surface area contributed by atoms with Crippen LogP contribution in [0.15, 0.2) is 30.6 Å². The first-order valence-electron chi connectivity index (χ1n) is 8.00. The first kappa shape index (κ1) is 18.0. The van der Waals surface area contributed by atoms with Crippen molar-refractivity contribution in [3.05, 3.63) is 36.2 Å². The number of sulfone groups is 1. The summed E-state index contributed by atoms with van der Waals surface area (Å²) in [6, 6.07) is 6.75. The van der Waals surface area contributed by atoms with Gasteiger partial charge in [-0.2, -0.15) is 0 Å². The van der Waals surface area contributed by atoms with Gasteiger partial charge in [-0.1, -0.05) is 12.1 Å². The average molecular weight is 378 g/mol. The Labute approximate surface area is 149 Å². The molecule has 1 aromatic heterocycles. The number of carbonyl (C=O) groups is 2. The standard InChI is InChI=1S/C15H18N6O4S/c22-14(16-8-15(23)18-12-5-6-26(24,25)9-12)7-11-1-3-13(4-2-11)21-10-17-19-20-21/h1-4,10,12H,5-9H2,(H,16,22)(H,18,23). The van der Waals surface area contributed by atoms with Gasteiger partial charge in [0.1, 0.15) is 6.33 Å². The van der Waals surface area contributed by atoms with Gasteiger partial charge in [0.15, 0.2) is 9.84 Å². The molecule has 0 bridgehead atoms. The van der Waals surface area contributed by atoms with Gasteiger partial charge in [-0.05, 0) is 34.5 Å². The number of hydrogen-bond acceptors (Lipinski definition) is 7. The van der Waals surface area contributed by atoms with Crippen molar-refractivity contribution < 1.29 is 18.0 Å². The van der Waals surface area contributed by atoms with Crippen LogP contribution in [0, 0.1) is 0 Å². The minimum Gasteiger partial charge on any atom is -0.351 e. The molecule has 1 fully saturated rings. The van der Waals surface area contributed by atoms with Gasteiger partial charge in [-0.3, -0.25) is 9.59 Å². The van der Waals surface area contributed by atoms with E-state index in [2.05, 4.69) is 26.2 Å². The molecule has 11 heteroatoms. The minimum atomic E-state index is -3.05. The summed E-state index contributed by atoms with van der Waals surface area (Å²) in [5.74, 6) is -0.644. The SMILES string of the molecule is O=C(Cc1ccc(-n2cnnn2)cc1)NCC(=O)NC1CCS(=O)(=O)C1. The highest BCUT2D eigenvalue weighted by Crippen LogP contribution is 2.11. The lowest BCUT2D eigenvalue weighted by molar-refractivity contribution is -0.126. The minimum absolute atomic E-state index is 0.0413. The molecule has 0 radical (unpaired) electrons. The Morgan fingerprint density at radius 1 is 1.19 bits per heavy atom. The molecule has 1 saturated heterocycles. The molecular weight excluding hydrogens is 360 g/mol. The molecule has 0 spiro atoms. The lowest BCUT2D eigenvalue weighted by Gasteiger charge is -2.11. The maximum atomic E-state index is 11.9. The molecule has 1 atom stereocenters. The number of nitrogens with zero attached hydrogens (tertiary/aromatic N) is 4. The quantitative estimate of drug-likeness (QED) is 0.632. The van der Waals surface area contributed by atoms with Crippen molar-refractivity contribution in [1.82, 2.24) is 30.8 Å². The maximum Gasteiger partial charge on any atom is 0.239 e. The van der Waals surface area contributed by atoms with E-state index in [0.717, 1.165) is 11.3 Å². The topological polar surface area (TPSA) is 136 Å². The molecule has 3 rings (SSSR count). The van der Waals surface area contributed by atoms with Gasteiger partial charge in [0.05, 0.1) is 30.2 Å². The summed E-state index contributed by atoms with van der Waals surface area (Å²) in [6.45, 7) is -0.182. The van der Waals surface area contributed by atoms with Crippen LogP contribution >= 0.6 is 0 Å². The van der Waals surface area contributed by atoms with Crippen molar-refractivity contribution in [2.24, 2.45) is 0 Å². The molecule has 138 valence electrons. The number of amides is 2. The van der Waals surface area contributed by atoms with Crippen LogP contribution in [0.4, 0.5) is 0 Å². The normalized spacial score (nSPS) is 18.4. The van der Waals surface area contributed by atoms with Gasteiger partial charge in [0.2, 0.25) is 11.8 Å². The van der Waals surface area contributed by atoms with Crippen LogP contribution in [0.25, 0.3) is 5.69 Å². The highest BCUT2D eigenvalue weighted by molar-refractivity contribution is 7.91. The number of benzene rings is 1. The third-order valence-corrected chi connectivity index (χ3v) is 5.73. The van der Waals surface area contributed by atoms with Crippen molar-refractivity contribution in [1.29, 1.82) is 0 Å². The smallest absolute Gasteiger partial charge is 0.239 e. The molecule has 2 amide bonds. The van der Waals surface area contributed by atoms with Crippen LogP contribution in [0.1, 0.15) is 12.0 Å². The predicted molar refractivity (Wildman–Crippen MR) is 91.1 cm³/mol. The maximum absolute atomic E-state index is 11.9. The van der Waals surface area contributed by atoms with Crippen molar-refractivity contribution in [2.75, 3.05) is 18.1 Å². The highest BCUT2D eigenvalue weighted by atomic mass is 32.2. The van der Waals surface area contributed by atoms with Gasteiger partial charge in [0.25, 0.3) is 0 Å². The van der Waals surface area contributed by atoms with Crippen molar-refractivity contribution in [3.8, 4) is 5.69 Å². The molecule has 0 saturated carbocycles. The van der Waals surface area contributed by atoms with E-state index in [0.29, 0.717) is 6.42 Å². The molecule has 1 unspecified atom stereocenters. The molecule has 0 aliphatic carbocycles. The molecule has 2 heterocycles. The van der Waals surface area contributed by atoms with Crippen LogP contribution in [-0.4, -0.2) is 64.5 Å². The highest BCUT2D eigenvalue weighted by Gasteiger charge is 2.28. The summed E-state index contributed by atoms with van der Waals surface area (Å²) in [5, 5.41) is 16.0. The van der Waals surface area contributed by atoms with Gasteiger partial charge >= 0.3 is 0 Å². The Morgan fingerprint density at radius 3 is 2.58 bits per heavy atom. The molecule has 2 N–H and O–H groups in total. The molecule has 26 heavy (non-hydrogen) atoms. The zero-order valence-electron chi connectivity index (χ0n) is 13.8. The third kappa shape index (κ3) is 4.85. The van der Waals surface area contributed by atoms with E-state index >= 15 is 0 Å². The molecule has 10 nitrogen and oxygen atoms in total. The summed E-state index contributed by atoms with van der Waals surface area (Å²) in [5.41, 5.74) is 1.55. The molecule has 1 aliphatic heterocycles. The Hall–Kier alpha value is -2.82. The molecule has 1 aromatic carbocycles. The number of tetrazole rings is 1. The number of hydrogen-bond donors (Lipinski definition) is 2. The Kier molecular flexibility index (Phi) is 5.26.